The molecule has 7 aromatic rings. The van der Waals surface area contributed by atoms with Crippen molar-refractivity contribution in [3.05, 3.63) is 187 Å². The minimum absolute atomic E-state index is 0.0245. The smallest absolute Gasteiger partial charge is 0.0543 e. The van der Waals surface area contributed by atoms with Crippen molar-refractivity contribution in [2.24, 2.45) is 5.92 Å². The maximum Gasteiger partial charge on any atom is 0.0543 e. The van der Waals surface area contributed by atoms with Crippen LogP contribution in [0.5, 0.6) is 0 Å². The zero-order chi connectivity index (χ0) is 32.2. The molecule has 0 aromatic heterocycles. The van der Waals surface area contributed by atoms with E-state index in [0.29, 0.717) is 5.92 Å². The van der Waals surface area contributed by atoms with E-state index in [1.807, 2.05) is 0 Å². The van der Waals surface area contributed by atoms with Gasteiger partial charge in [-0.25, -0.2) is 0 Å². The van der Waals surface area contributed by atoms with Crippen LogP contribution in [0.1, 0.15) is 31.4 Å². The summed E-state index contributed by atoms with van der Waals surface area (Å²) in [5.41, 5.74) is 12.9. The molecule has 0 saturated heterocycles. The van der Waals surface area contributed by atoms with Gasteiger partial charge in [0.25, 0.3) is 0 Å². The third-order valence-corrected chi connectivity index (χ3v) is 10.8. The highest BCUT2D eigenvalue weighted by atomic mass is 15.2. The van der Waals surface area contributed by atoms with E-state index in [2.05, 4.69) is 189 Å². The number of benzene rings is 7. The van der Waals surface area contributed by atoms with E-state index in [1.54, 1.807) is 0 Å². The molecule has 0 bridgehead atoms. The molecule has 0 amide bonds. The van der Waals surface area contributed by atoms with Crippen LogP contribution in [-0.4, -0.2) is 0 Å². The van der Waals surface area contributed by atoms with Crippen molar-refractivity contribution in [2.75, 3.05) is 4.90 Å². The highest BCUT2D eigenvalue weighted by molar-refractivity contribution is 6.12. The summed E-state index contributed by atoms with van der Waals surface area (Å²) in [6, 6.07) is 57.8. The first kappa shape index (κ1) is 28.6. The van der Waals surface area contributed by atoms with Crippen LogP contribution in [0.25, 0.3) is 49.4 Å². The van der Waals surface area contributed by atoms with Crippen molar-refractivity contribution in [1.82, 2.24) is 0 Å². The SMILES string of the molecule is CC1(C)c2ccccc2C2=CC=C(N(c3cc(-c4ccccc4)ccc3-c3ccccc3)c3cccc4c3ccc3ccccc34)CC21. The van der Waals surface area contributed by atoms with Gasteiger partial charge in [0.15, 0.2) is 0 Å². The highest BCUT2D eigenvalue weighted by Gasteiger charge is 2.44. The van der Waals surface area contributed by atoms with Crippen LogP contribution >= 0.6 is 0 Å². The van der Waals surface area contributed by atoms with Gasteiger partial charge in [-0.1, -0.05) is 166 Å². The van der Waals surface area contributed by atoms with E-state index in [1.165, 1.54) is 77.6 Å². The van der Waals surface area contributed by atoms with E-state index in [0.717, 1.165) is 6.42 Å². The number of anilines is 2. The second-order valence-electron chi connectivity index (χ2n) is 13.8. The van der Waals surface area contributed by atoms with Crippen LogP contribution in [-0.2, 0) is 5.41 Å². The summed E-state index contributed by atoms with van der Waals surface area (Å²) in [7, 11) is 0. The molecule has 0 radical (unpaired) electrons. The first-order valence-corrected chi connectivity index (χ1v) is 17.0. The van der Waals surface area contributed by atoms with E-state index in [-0.39, 0.29) is 5.41 Å². The van der Waals surface area contributed by atoms with Crippen molar-refractivity contribution < 1.29 is 0 Å². The summed E-state index contributed by atoms with van der Waals surface area (Å²) in [5.74, 6) is 0.380. The molecule has 0 saturated carbocycles. The Morgan fingerprint density at radius 1 is 0.500 bits per heavy atom. The molecule has 0 aliphatic heterocycles. The molecule has 0 heterocycles. The largest absolute Gasteiger partial charge is 0.313 e. The van der Waals surface area contributed by atoms with Crippen molar-refractivity contribution in [1.29, 1.82) is 0 Å². The van der Waals surface area contributed by atoms with Crippen LogP contribution in [0.15, 0.2) is 176 Å². The normalized spacial score (nSPS) is 16.2. The molecule has 1 heteroatoms. The van der Waals surface area contributed by atoms with Gasteiger partial charge in [-0.15, -0.1) is 0 Å². The average Bonchev–Trinajstić information content (AvgIpc) is 3.38. The second-order valence-corrected chi connectivity index (χ2v) is 13.8. The van der Waals surface area contributed by atoms with Crippen molar-refractivity contribution in [3.8, 4) is 22.3 Å². The number of hydrogen-bond donors (Lipinski definition) is 0. The van der Waals surface area contributed by atoms with E-state index in [9.17, 15) is 0 Å². The molecule has 1 unspecified atom stereocenters. The molecule has 1 nitrogen and oxygen atoms in total. The van der Waals surface area contributed by atoms with E-state index < -0.39 is 0 Å². The summed E-state index contributed by atoms with van der Waals surface area (Å²) >= 11 is 0. The molecule has 0 fully saturated rings. The van der Waals surface area contributed by atoms with Gasteiger partial charge in [-0.05, 0) is 85.5 Å². The lowest BCUT2D eigenvalue weighted by molar-refractivity contribution is 0.406. The fraction of sp³-hybridized carbons (Fsp3) is 0.106. The molecule has 0 spiro atoms. The molecular formula is C47H37N. The second kappa shape index (κ2) is 11.2. The molecule has 2 aliphatic rings. The number of rotatable bonds is 5. The van der Waals surface area contributed by atoms with Crippen LogP contribution in [0.4, 0.5) is 11.4 Å². The van der Waals surface area contributed by atoms with E-state index in [4.69, 9.17) is 0 Å². The third-order valence-electron chi connectivity index (χ3n) is 10.8. The molecular weight excluding hydrogens is 579 g/mol. The minimum Gasteiger partial charge on any atom is -0.313 e. The monoisotopic (exact) mass is 615 g/mol. The van der Waals surface area contributed by atoms with E-state index >= 15 is 0 Å². The Bertz CT molecular complexity index is 2390. The molecule has 48 heavy (non-hydrogen) atoms. The van der Waals surface area contributed by atoms with Crippen LogP contribution in [0, 0.1) is 5.92 Å². The lowest BCUT2D eigenvalue weighted by Gasteiger charge is -2.37. The van der Waals surface area contributed by atoms with Crippen molar-refractivity contribution >= 4 is 38.5 Å². The van der Waals surface area contributed by atoms with Crippen LogP contribution in [0.3, 0.4) is 0 Å². The van der Waals surface area contributed by atoms with Gasteiger partial charge in [-0.3, -0.25) is 0 Å². The van der Waals surface area contributed by atoms with Crippen molar-refractivity contribution in [3.63, 3.8) is 0 Å². The minimum atomic E-state index is 0.0245. The van der Waals surface area contributed by atoms with Gasteiger partial charge in [-0.2, -0.15) is 0 Å². The molecule has 9 rings (SSSR count). The Morgan fingerprint density at radius 2 is 1.21 bits per heavy atom. The predicted molar refractivity (Wildman–Crippen MR) is 205 cm³/mol. The summed E-state index contributed by atoms with van der Waals surface area (Å²) in [5, 5.41) is 5.08. The van der Waals surface area contributed by atoms with Gasteiger partial charge in [0.05, 0.1) is 11.4 Å². The van der Waals surface area contributed by atoms with Gasteiger partial charge < -0.3 is 4.90 Å². The quantitative estimate of drug-likeness (QED) is 0.174. The average molecular weight is 616 g/mol. The number of hydrogen-bond acceptors (Lipinski definition) is 1. The van der Waals surface area contributed by atoms with Gasteiger partial charge in [0.1, 0.15) is 0 Å². The summed E-state index contributed by atoms with van der Waals surface area (Å²) in [6.07, 6.45) is 5.75. The predicted octanol–water partition coefficient (Wildman–Crippen LogP) is 12.7. The molecule has 1 atom stereocenters. The number of nitrogens with zero attached hydrogens (tertiary/aromatic N) is 1. The molecule has 0 N–H and O–H groups in total. The summed E-state index contributed by atoms with van der Waals surface area (Å²) in [4.78, 5) is 2.58. The van der Waals surface area contributed by atoms with Gasteiger partial charge in [0, 0.05) is 16.6 Å². The third kappa shape index (κ3) is 4.53. The Balaban J connectivity index is 1.33. The van der Waals surface area contributed by atoms with Gasteiger partial charge in [0.2, 0.25) is 0 Å². The summed E-state index contributed by atoms with van der Waals surface area (Å²) < 4.78 is 0. The Kier molecular flexibility index (Phi) is 6.69. The molecule has 7 aromatic carbocycles. The molecule has 230 valence electrons. The highest BCUT2D eigenvalue weighted by Crippen LogP contribution is 2.55. The Labute approximate surface area is 283 Å². The lowest BCUT2D eigenvalue weighted by Crippen LogP contribution is -2.29. The number of fused-ring (bicyclic) bond motifs is 6. The summed E-state index contributed by atoms with van der Waals surface area (Å²) in [6.45, 7) is 4.86. The maximum absolute atomic E-state index is 2.58. The lowest BCUT2D eigenvalue weighted by atomic mass is 9.73. The molecule has 2 aliphatic carbocycles. The first-order valence-electron chi connectivity index (χ1n) is 17.0. The standard InChI is InChI=1S/C47H37N/c1-47(2)43-22-12-11-20-40(43)41-29-26-36(31-44(41)47)48(45-23-13-21-39-37-19-10-9-18-34(37)24-28-42(39)45)46-30-35(32-14-5-3-6-15-32)25-27-38(46)33-16-7-4-8-17-33/h3-30,44H,31H2,1-2H3. The Morgan fingerprint density at radius 3 is 2.04 bits per heavy atom. The van der Waals surface area contributed by atoms with Crippen LogP contribution < -0.4 is 4.90 Å². The van der Waals surface area contributed by atoms with Crippen molar-refractivity contribution in [2.45, 2.75) is 25.7 Å². The fourth-order valence-electron chi connectivity index (χ4n) is 8.31. The maximum atomic E-state index is 2.58. The Hall–Kier alpha value is -5.66. The van der Waals surface area contributed by atoms with Gasteiger partial charge >= 0.3 is 0 Å². The first-order chi connectivity index (χ1) is 23.6. The fourth-order valence-corrected chi connectivity index (χ4v) is 8.31. The zero-order valence-corrected chi connectivity index (χ0v) is 27.4. The topological polar surface area (TPSA) is 3.24 Å². The zero-order valence-electron chi connectivity index (χ0n) is 27.4. The van der Waals surface area contributed by atoms with Crippen LogP contribution in [0.2, 0.25) is 0 Å². The number of allylic oxidation sites excluding steroid dienone is 4.